The Kier molecular flexibility index (Phi) is 4.53. The molecular weight excluding hydrogens is 354 g/mol. The van der Waals surface area contributed by atoms with E-state index >= 15 is 0 Å². The zero-order chi connectivity index (χ0) is 19.1. The van der Waals surface area contributed by atoms with Crippen molar-refractivity contribution in [1.29, 1.82) is 0 Å². The summed E-state index contributed by atoms with van der Waals surface area (Å²) in [5.74, 6) is 5.48. The monoisotopic (exact) mass is 381 g/mol. The number of benzene rings is 1. The molecule has 0 aliphatic heterocycles. The van der Waals surface area contributed by atoms with Crippen LogP contribution in [0, 0.1) is 23.7 Å². The van der Waals surface area contributed by atoms with Crippen molar-refractivity contribution in [3.63, 3.8) is 0 Å². The molecule has 5 heteroatoms. The highest BCUT2D eigenvalue weighted by molar-refractivity contribution is 5.91. The van der Waals surface area contributed by atoms with Crippen LogP contribution in [0.1, 0.15) is 48.4 Å². The van der Waals surface area contributed by atoms with Gasteiger partial charge in [-0.05, 0) is 73.6 Å². The molecule has 5 atom stereocenters. The molecule has 2 bridgehead atoms. The lowest BCUT2D eigenvalue weighted by molar-refractivity contribution is 0.0869. The normalized spacial score (nSPS) is 30.2. The topological polar surface area (TPSA) is 60.7 Å². The van der Waals surface area contributed by atoms with E-state index in [1.54, 1.807) is 19.2 Å². The molecule has 0 spiro atoms. The van der Waals surface area contributed by atoms with Gasteiger partial charge < -0.3 is 19.2 Å². The fourth-order valence-corrected chi connectivity index (χ4v) is 5.94. The summed E-state index contributed by atoms with van der Waals surface area (Å²) in [6.07, 6.45) is 6.57. The minimum atomic E-state index is -0.101. The Balaban J connectivity index is 1.19. The standard InChI is InChI=1S/C23H27NO4/c1-26-20-7-2-3-8-21(20)27-13-15-9-10-22(28-15)23(25)24-19-12-14-11-18(19)17-6-4-5-16(14)17/h2-3,7-10,14,16-19H,4-6,11-13H2,1H3,(H,24,25)/t14-,16-,17+,18+,19-/m1/s1. The van der Waals surface area contributed by atoms with Crippen LogP contribution in [0.3, 0.4) is 0 Å². The third-order valence-corrected chi connectivity index (χ3v) is 7.07. The Hall–Kier alpha value is -2.43. The number of amides is 1. The van der Waals surface area contributed by atoms with Crippen LogP contribution in [0.2, 0.25) is 0 Å². The van der Waals surface area contributed by atoms with Gasteiger partial charge in [-0.1, -0.05) is 18.6 Å². The summed E-state index contributed by atoms with van der Waals surface area (Å²) in [5.41, 5.74) is 0. The number of hydrogen-bond acceptors (Lipinski definition) is 4. The minimum absolute atomic E-state index is 0.101. The molecule has 3 aliphatic carbocycles. The lowest BCUT2D eigenvalue weighted by Crippen LogP contribution is -2.42. The average Bonchev–Trinajstić information content (AvgIpc) is 3.48. The number of hydrogen-bond donors (Lipinski definition) is 1. The molecule has 5 nitrogen and oxygen atoms in total. The van der Waals surface area contributed by atoms with Gasteiger partial charge >= 0.3 is 0 Å². The van der Waals surface area contributed by atoms with Gasteiger partial charge in [-0.3, -0.25) is 4.79 Å². The van der Waals surface area contributed by atoms with E-state index in [-0.39, 0.29) is 12.5 Å². The third kappa shape index (κ3) is 3.07. The molecule has 0 saturated heterocycles. The number of carbonyl (C=O) groups is 1. The van der Waals surface area contributed by atoms with Crippen LogP contribution in [-0.4, -0.2) is 19.1 Å². The first-order valence-electron chi connectivity index (χ1n) is 10.4. The van der Waals surface area contributed by atoms with Crippen molar-refractivity contribution in [2.24, 2.45) is 23.7 Å². The molecule has 0 unspecified atom stereocenters. The van der Waals surface area contributed by atoms with Crippen molar-refractivity contribution in [3.05, 3.63) is 47.9 Å². The van der Waals surface area contributed by atoms with Crippen LogP contribution in [0.25, 0.3) is 0 Å². The first kappa shape index (κ1) is 17.7. The van der Waals surface area contributed by atoms with E-state index in [9.17, 15) is 4.79 Å². The van der Waals surface area contributed by atoms with Crippen molar-refractivity contribution in [2.45, 2.75) is 44.8 Å². The van der Waals surface area contributed by atoms with Crippen LogP contribution >= 0.6 is 0 Å². The summed E-state index contributed by atoms with van der Waals surface area (Å²) < 4.78 is 16.8. The lowest BCUT2D eigenvalue weighted by atomic mass is 9.79. The SMILES string of the molecule is COc1ccccc1OCc1ccc(C(=O)N[C@@H]2C[C@H]3C[C@H]2[C@H]2CCC[C@H]32)o1. The van der Waals surface area contributed by atoms with Gasteiger partial charge in [0, 0.05) is 6.04 Å². The van der Waals surface area contributed by atoms with Gasteiger partial charge in [-0.2, -0.15) is 0 Å². The summed E-state index contributed by atoms with van der Waals surface area (Å²) in [5, 5.41) is 3.25. The Morgan fingerprint density at radius 3 is 2.75 bits per heavy atom. The maximum atomic E-state index is 12.7. The molecule has 1 heterocycles. The minimum Gasteiger partial charge on any atom is -0.493 e. The fourth-order valence-electron chi connectivity index (χ4n) is 5.94. The highest BCUT2D eigenvalue weighted by Crippen LogP contribution is 2.58. The van der Waals surface area contributed by atoms with Crippen molar-refractivity contribution >= 4 is 5.91 Å². The van der Waals surface area contributed by atoms with Crippen molar-refractivity contribution in [2.75, 3.05) is 7.11 Å². The quantitative estimate of drug-likeness (QED) is 0.805. The Morgan fingerprint density at radius 1 is 1.07 bits per heavy atom. The van der Waals surface area contributed by atoms with Crippen molar-refractivity contribution in [1.82, 2.24) is 5.32 Å². The van der Waals surface area contributed by atoms with E-state index in [1.165, 1.54) is 25.7 Å². The number of furan rings is 1. The molecule has 3 aliphatic rings. The third-order valence-electron chi connectivity index (χ3n) is 7.07. The maximum Gasteiger partial charge on any atom is 0.287 e. The summed E-state index contributed by atoms with van der Waals surface area (Å²) in [6.45, 7) is 0.255. The molecule has 148 valence electrons. The molecule has 0 radical (unpaired) electrons. The van der Waals surface area contributed by atoms with E-state index < -0.39 is 0 Å². The number of fused-ring (bicyclic) bond motifs is 5. The van der Waals surface area contributed by atoms with Crippen LogP contribution in [0.4, 0.5) is 0 Å². The lowest BCUT2D eigenvalue weighted by Gasteiger charge is -2.31. The van der Waals surface area contributed by atoms with E-state index in [0.29, 0.717) is 35.0 Å². The highest BCUT2D eigenvalue weighted by Gasteiger charge is 2.54. The zero-order valence-corrected chi connectivity index (χ0v) is 16.2. The van der Waals surface area contributed by atoms with E-state index in [1.807, 2.05) is 24.3 Å². The summed E-state index contributed by atoms with van der Waals surface area (Å²) in [4.78, 5) is 12.7. The van der Waals surface area contributed by atoms with Gasteiger partial charge in [0.25, 0.3) is 5.91 Å². The molecule has 1 N–H and O–H groups in total. The van der Waals surface area contributed by atoms with Crippen LogP contribution in [-0.2, 0) is 6.61 Å². The number of methoxy groups -OCH3 is 1. The number of carbonyl (C=O) groups excluding carboxylic acids is 1. The van der Waals surface area contributed by atoms with Gasteiger partial charge in [-0.15, -0.1) is 0 Å². The Morgan fingerprint density at radius 2 is 1.89 bits per heavy atom. The van der Waals surface area contributed by atoms with Crippen molar-refractivity contribution in [3.8, 4) is 11.5 Å². The van der Waals surface area contributed by atoms with E-state index in [2.05, 4.69) is 5.32 Å². The average molecular weight is 381 g/mol. The molecular formula is C23H27NO4. The second-order valence-corrected chi connectivity index (χ2v) is 8.44. The maximum absolute atomic E-state index is 12.7. The van der Waals surface area contributed by atoms with Crippen LogP contribution in [0.15, 0.2) is 40.8 Å². The van der Waals surface area contributed by atoms with Crippen LogP contribution < -0.4 is 14.8 Å². The molecule has 3 fully saturated rings. The predicted molar refractivity (Wildman–Crippen MR) is 104 cm³/mol. The van der Waals surface area contributed by atoms with Crippen molar-refractivity contribution < 1.29 is 18.7 Å². The van der Waals surface area contributed by atoms with Crippen LogP contribution in [0.5, 0.6) is 11.5 Å². The number of para-hydroxylation sites is 2. The second kappa shape index (κ2) is 7.19. The van der Waals surface area contributed by atoms with Gasteiger partial charge in [-0.25, -0.2) is 0 Å². The Bertz CT molecular complexity index is 860. The molecule has 2 aromatic rings. The van der Waals surface area contributed by atoms with E-state index in [0.717, 1.165) is 24.2 Å². The summed E-state index contributed by atoms with van der Waals surface area (Å²) in [6, 6.07) is 11.3. The predicted octanol–water partition coefficient (Wildman–Crippen LogP) is 4.42. The van der Waals surface area contributed by atoms with Gasteiger partial charge in [0.05, 0.1) is 7.11 Å². The number of nitrogens with one attached hydrogen (secondary N) is 1. The number of rotatable bonds is 6. The summed E-state index contributed by atoms with van der Waals surface area (Å²) >= 11 is 0. The second-order valence-electron chi connectivity index (χ2n) is 8.44. The van der Waals surface area contributed by atoms with Gasteiger partial charge in [0.2, 0.25) is 0 Å². The molecule has 1 aromatic carbocycles. The smallest absolute Gasteiger partial charge is 0.287 e. The number of ether oxygens (including phenoxy) is 2. The summed E-state index contributed by atoms with van der Waals surface area (Å²) in [7, 11) is 1.61. The molecule has 5 rings (SSSR count). The molecule has 1 amide bonds. The molecule has 28 heavy (non-hydrogen) atoms. The highest BCUT2D eigenvalue weighted by atomic mass is 16.5. The van der Waals surface area contributed by atoms with Gasteiger partial charge in [0.1, 0.15) is 12.4 Å². The van der Waals surface area contributed by atoms with E-state index in [4.69, 9.17) is 13.9 Å². The van der Waals surface area contributed by atoms with Gasteiger partial charge in [0.15, 0.2) is 17.3 Å². The first-order valence-corrected chi connectivity index (χ1v) is 10.4. The first-order chi connectivity index (χ1) is 13.7. The molecule has 1 aromatic heterocycles. The zero-order valence-electron chi connectivity index (χ0n) is 16.2. The fraction of sp³-hybridized carbons (Fsp3) is 0.522. The molecule has 3 saturated carbocycles. The Labute approximate surface area is 165 Å². The largest absolute Gasteiger partial charge is 0.493 e.